The minimum Gasteiger partial charge on any atom is -0.370 e. The van der Waals surface area contributed by atoms with Gasteiger partial charge in [-0.05, 0) is 19.4 Å². The molecule has 0 aromatic carbocycles. The Morgan fingerprint density at radius 3 is 2.84 bits per heavy atom. The molecule has 102 valence electrons. The van der Waals surface area contributed by atoms with Gasteiger partial charge in [0, 0.05) is 31.1 Å². The summed E-state index contributed by atoms with van der Waals surface area (Å²) in [6, 6.07) is 1.88. The Balaban J connectivity index is 1.82. The lowest BCUT2D eigenvalue weighted by Crippen LogP contribution is -2.09. The van der Waals surface area contributed by atoms with E-state index in [0.29, 0.717) is 5.95 Å². The highest BCUT2D eigenvalue weighted by Crippen LogP contribution is 2.09. The van der Waals surface area contributed by atoms with Gasteiger partial charge in [-0.1, -0.05) is 6.92 Å². The molecular weight excluding hydrogens is 258 g/mol. The van der Waals surface area contributed by atoms with Crippen LogP contribution >= 0.6 is 11.3 Å². The minimum atomic E-state index is 0.677. The van der Waals surface area contributed by atoms with Crippen molar-refractivity contribution in [1.82, 2.24) is 15.0 Å². The maximum atomic E-state index is 4.43. The van der Waals surface area contributed by atoms with Gasteiger partial charge >= 0.3 is 0 Å². The molecule has 0 radical (unpaired) electrons. The lowest BCUT2D eigenvalue weighted by Gasteiger charge is -2.07. The van der Waals surface area contributed by atoms with Crippen LogP contribution in [0.25, 0.3) is 0 Å². The summed E-state index contributed by atoms with van der Waals surface area (Å²) < 4.78 is 0. The highest BCUT2D eigenvalue weighted by atomic mass is 32.1. The molecule has 0 aliphatic carbocycles. The number of anilines is 2. The first-order valence-electron chi connectivity index (χ1n) is 6.49. The van der Waals surface area contributed by atoms with Crippen molar-refractivity contribution in [2.45, 2.75) is 26.7 Å². The molecule has 0 fully saturated rings. The van der Waals surface area contributed by atoms with E-state index in [4.69, 9.17) is 0 Å². The molecule has 0 atom stereocenters. The molecule has 0 saturated heterocycles. The largest absolute Gasteiger partial charge is 0.370 e. The molecule has 0 amide bonds. The van der Waals surface area contributed by atoms with Crippen molar-refractivity contribution < 1.29 is 0 Å². The van der Waals surface area contributed by atoms with Crippen LogP contribution in [-0.4, -0.2) is 28.0 Å². The van der Waals surface area contributed by atoms with Gasteiger partial charge in [-0.15, -0.1) is 11.3 Å². The predicted molar refractivity (Wildman–Crippen MR) is 79.9 cm³/mol. The number of aromatic nitrogens is 3. The molecule has 2 heterocycles. The molecular formula is C13H19N5S. The molecule has 2 N–H and O–H groups in total. The van der Waals surface area contributed by atoms with Crippen molar-refractivity contribution in [2.75, 3.05) is 23.7 Å². The Kier molecular flexibility index (Phi) is 5.09. The fourth-order valence-corrected chi connectivity index (χ4v) is 2.27. The molecule has 5 nitrogen and oxygen atoms in total. The lowest BCUT2D eigenvalue weighted by molar-refractivity contribution is 0.939. The van der Waals surface area contributed by atoms with Gasteiger partial charge in [0.1, 0.15) is 5.82 Å². The third-order valence-corrected chi connectivity index (χ3v) is 3.36. The van der Waals surface area contributed by atoms with Crippen LogP contribution in [0, 0.1) is 6.92 Å². The van der Waals surface area contributed by atoms with E-state index >= 15 is 0 Å². The van der Waals surface area contributed by atoms with E-state index in [0.717, 1.165) is 42.5 Å². The molecule has 19 heavy (non-hydrogen) atoms. The first-order valence-corrected chi connectivity index (χ1v) is 7.37. The third-order valence-electron chi connectivity index (χ3n) is 2.54. The predicted octanol–water partition coefficient (Wildman–Crippen LogP) is 2.72. The van der Waals surface area contributed by atoms with Crippen LogP contribution in [-0.2, 0) is 6.42 Å². The summed E-state index contributed by atoms with van der Waals surface area (Å²) >= 11 is 1.69. The van der Waals surface area contributed by atoms with E-state index in [9.17, 15) is 0 Å². The smallest absolute Gasteiger partial charge is 0.224 e. The Morgan fingerprint density at radius 1 is 1.21 bits per heavy atom. The van der Waals surface area contributed by atoms with Crippen LogP contribution in [0.1, 0.15) is 24.0 Å². The van der Waals surface area contributed by atoms with Crippen molar-refractivity contribution in [1.29, 1.82) is 0 Å². The fraction of sp³-hybridized carbons (Fsp3) is 0.462. The fourth-order valence-electron chi connectivity index (χ4n) is 1.62. The van der Waals surface area contributed by atoms with Gasteiger partial charge in [0.2, 0.25) is 5.95 Å². The number of rotatable bonds is 7. The Morgan fingerprint density at radius 2 is 2.11 bits per heavy atom. The van der Waals surface area contributed by atoms with Crippen LogP contribution in [0.4, 0.5) is 11.8 Å². The standard InChI is InChI=1S/C13H19N5S/c1-3-6-15-13-16-8-5-12(18-13)14-7-4-11-9-19-10(2)17-11/h5,8-9H,3-4,6-7H2,1-2H3,(H2,14,15,16,18). The van der Waals surface area contributed by atoms with Gasteiger partial charge in [-0.3, -0.25) is 0 Å². The number of nitrogens with one attached hydrogen (secondary N) is 2. The van der Waals surface area contributed by atoms with E-state index in [2.05, 4.69) is 37.9 Å². The second-order valence-electron chi connectivity index (χ2n) is 4.23. The van der Waals surface area contributed by atoms with Crippen LogP contribution < -0.4 is 10.6 Å². The van der Waals surface area contributed by atoms with Gasteiger partial charge < -0.3 is 10.6 Å². The zero-order valence-electron chi connectivity index (χ0n) is 11.3. The molecule has 0 unspecified atom stereocenters. The van der Waals surface area contributed by atoms with E-state index in [1.54, 1.807) is 17.5 Å². The maximum Gasteiger partial charge on any atom is 0.224 e. The minimum absolute atomic E-state index is 0.677. The number of hydrogen-bond acceptors (Lipinski definition) is 6. The van der Waals surface area contributed by atoms with Crippen molar-refractivity contribution in [2.24, 2.45) is 0 Å². The number of hydrogen-bond donors (Lipinski definition) is 2. The Labute approximate surface area is 117 Å². The topological polar surface area (TPSA) is 62.7 Å². The maximum absolute atomic E-state index is 4.43. The molecule has 0 saturated carbocycles. The molecule has 2 rings (SSSR count). The van der Waals surface area contributed by atoms with Crippen molar-refractivity contribution in [3.05, 3.63) is 28.3 Å². The van der Waals surface area contributed by atoms with Crippen molar-refractivity contribution in [3.8, 4) is 0 Å². The van der Waals surface area contributed by atoms with Crippen molar-refractivity contribution >= 4 is 23.1 Å². The molecule has 0 bridgehead atoms. The monoisotopic (exact) mass is 277 g/mol. The normalized spacial score (nSPS) is 10.4. The van der Waals surface area contributed by atoms with E-state index in [-0.39, 0.29) is 0 Å². The number of nitrogens with zero attached hydrogens (tertiary/aromatic N) is 3. The van der Waals surface area contributed by atoms with Crippen LogP contribution in [0.3, 0.4) is 0 Å². The quantitative estimate of drug-likeness (QED) is 0.814. The molecule has 0 aliphatic rings. The average Bonchev–Trinajstić information content (AvgIpc) is 2.83. The lowest BCUT2D eigenvalue weighted by atomic mass is 10.3. The average molecular weight is 277 g/mol. The highest BCUT2D eigenvalue weighted by molar-refractivity contribution is 7.09. The Bertz CT molecular complexity index is 511. The van der Waals surface area contributed by atoms with Gasteiger partial charge in [-0.2, -0.15) is 4.98 Å². The molecule has 6 heteroatoms. The zero-order chi connectivity index (χ0) is 13.5. The second-order valence-corrected chi connectivity index (χ2v) is 5.29. The highest BCUT2D eigenvalue weighted by Gasteiger charge is 2.00. The molecule has 0 aliphatic heterocycles. The SMILES string of the molecule is CCCNc1nccc(NCCc2csc(C)n2)n1. The van der Waals surface area contributed by atoms with Crippen LogP contribution in [0.5, 0.6) is 0 Å². The summed E-state index contributed by atoms with van der Waals surface area (Å²) in [5, 5.41) is 9.68. The van der Waals surface area contributed by atoms with Gasteiger partial charge in [0.15, 0.2) is 0 Å². The van der Waals surface area contributed by atoms with Crippen LogP contribution in [0.15, 0.2) is 17.6 Å². The van der Waals surface area contributed by atoms with Crippen molar-refractivity contribution in [3.63, 3.8) is 0 Å². The third kappa shape index (κ3) is 4.48. The zero-order valence-corrected chi connectivity index (χ0v) is 12.1. The first-order chi connectivity index (χ1) is 9.28. The molecule has 2 aromatic heterocycles. The summed E-state index contributed by atoms with van der Waals surface area (Å²) in [6.45, 7) is 5.86. The van der Waals surface area contributed by atoms with E-state index in [1.807, 2.05) is 13.0 Å². The number of thiazole rings is 1. The summed E-state index contributed by atoms with van der Waals surface area (Å²) in [5.74, 6) is 1.52. The first kappa shape index (κ1) is 13.7. The summed E-state index contributed by atoms with van der Waals surface area (Å²) in [5.41, 5.74) is 1.13. The van der Waals surface area contributed by atoms with Gasteiger partial charge in [0.25, 0.3) is 0 Å². The summed E-state index contributed by atoms with van der Waals surface area (Å²) in [7, 11) is 0. The molecule has 2 aromatic rings. The summed E-state index contributed by atoms with van der Waals surface area (Å²) in [6.07, 6.45) is 3.73. The van der Waals surface area contributed by atoms with Crippen LogP contribution in [0.2, 0.25) is 0 Å². The van der Waals surface area contributed by atoms with Gasteiger partial charge in [-0.25, -0.2) is 9.97 Å². The second kappa shape index (κ2) is 7.04. The van der Waals surface area contributed by atoms with Gasteiger partial charge in [0.05, 0.1) is 10.7 Å². The Hall–Kier alpha value is -1.69. The van der Waals surface area contributed by atoms with E-state index in [1.165, 1.54) is 0 Å². The summed E-state index contributed by atoms with van der Waals surface area (Å²) in [4.78, 5) is 13.0. The number of aryl methyl sites for hydroxylation is 1. The molecule has 0 spiro atoms. The van der Waals surface area contributed by atoms with E-state index < -0.39 is 0 Å².